The van der Waals surface area contributed by atoms with E-state index in [2.05, 4.69) is 15.3 Å². The van der Waals surface area contributed by atoms with Crippen LogP contribution in [-0.2, 0) is 4.79 Å². The maximum atomic E-state index is 10.5. The first kappa shape index (κ1) is 14.2. The summed E-state index contributed by atoms with van der Waals surface area (Å²) >= 11 is 0. The predicted octanol–water partition coefficient (Wildman–Crippen LogP) is 1.52. The summed E-state index contributed by atoms with van der Waals surface area (Å²) in [6.07, 6.45) is 0.778. The van der Waals surface area contributed by atoms with E-state index < -0.39 is 5.97 Å². The Morgan fingerprint density at radius 2 is 2.22 bits per heavy atom. The Morgan fingerprint density at radius 3 is 2.83 bits per heavy atom. The van der Waals surface area contributed by atoms with E-state index in [-0.39, 0.29) is 6.42 Å². The summed E-state index contributed by atoms with van der Waals surface area (Å²) in [4.78, 5) is 21.0. The van der Waals surface area contributed by atoms with Gasteiger partial charge in [-0.25, -0.2) is 9.97 Å². The fourth-order valence-electron chi connectivity index (χ4n) is 1.60. The Bertz CT molecular complexity index is 409. The van der Waals surface area contributed by atoms with Crippen LogP contribution >= 0.6 is 0 Å². The molecule has 6 heteroatoms. The van der Waals surface area contributed by atoms with Crippen molar-refractivity contribution in [2.75, 3.05) is 30.4 Å². The van der Waals surface area contributed by atoms with Gasteiger partial charge in [-0.3, -0.25) is 4.79 Å². The monoisotopic (exact) mass is 252 g/mol. The second-order valence-corrected chi connectivity index (χ2v) is 4.11. The molecule has 0 unspecified atom stereocenters. The average Bonchev–Trinajstić information content (AvgIpc) is 2.28. The molecule has 0 saturated heterocycles. The number of rotatable bonds is 7. The largest absolute Gasteiger partial charge is 0.481 e. The van der Waals surface area contributed by atoms with Gasteiger partial charge in [-0.2, -0.15) is 0 Å². The first-order valence-corrected chi connectivity index (χ1v) is 6.05. The first-order chi connectivity index (χ1) is 8.52. The zero-order valence-electron chi connectivity index (χ0n) is 11.1. The Morgan fingerprint density at radius 1 is 1.50 bits per heavy atom. The number of carboxylic acids is 1. The van der Waals surface area contributed by atoms with Crippen molar-refractivity contribution in [2.45, 2.75) is 26.7 Å². The highest BCUT2D eigenvalue weighted by atomic mass is 16.4. The van der Waals surface area contributed by atoms with Crippen LogP contribution in [0.4, 0.5) is 11.6 Å². The second kappa shape index (κ2) is 6.78. The summed E-state index contributed by atoms with van der Waals surface area (Å²) in [5.41, 5.74) is 0. The summed E-state index contributed by atoms with van der Waals surface area (Å²) in [7, 11) is 1.90. The summed E-state index contributed by atoms with van der Waals surface area (Å²) in [5, 5.41) is 11.7. The molecule has 0 radical (unpaired) electrons. The van der Waals surface area contributed by atoms with E-state index >= 15 is 0 Å². The zero-order chi connectivity index (χ0) is 13.5. The fourth-order valence-corrected chi connectivity index (χ4v) is 1.60. The van der Waals surface area contributed by atoms with Gasteiger partial charge in [0, 0.05) is 32.6 Å². The lowest BCUT2D eigenvalue weighted by atomic mass is 10.3. The summed E-state index contributed by atoms with van der Waals surface area (Å²) < 4.78 is 0. The lowest BCUT2D eigenvalue weighted by Gasteiger charge is -2.18. The van der Waals surface area contributed by atoms with Gasteiger partial charge in [0.2, 0.25) is 0 Å². The van der Waals surface area contributed by atoms with Gasteiger partial charge in [0.25, 0.3) is 0 Å². The van der Waals surface area contributed by atoms with Crippen LogP contribution in [-0.4, -0.2) is 41.2 Å². The Kier molecular flexibility index (Phi) is 5.35. The molecule has 2 N–H and O–H groups in total. The molecular formula is C12H20N4O2. The van der Waals surface area contributed by atoms with E-state index in [1.54, 1.807) is 0 Å². The number of carbonyl (C=O) groups is 1. The quantitative estimate of drug-likeness (QED) is 0.766. The van der Waals surface area contributed by atoms with Gasteiger partial charge in [0.15, 0.2) is 0 Å². The minimum absolute atomic E-state index is 0.175. The highest BCUT2D eigenvalue weighted by molar-refractivity contribution is 5.66. The molecule has 0 bridgehead atoms. The number of nitrogens with one attached hydrogen (secondary N) is 1. The molecule has 1 heterocycles. The van der Waals surface area contributed by atoms with Crippen molar-refractivity contribution in [2.24, 2.45) is 0 Å². The Balaban J connectivity index is 2.66. The van der Waals surface area contributed by atoms with Crippen molar-refractivity contribution >= 4 is 17.6 Å². The molecule has 100 valence electrons. The fraction of sp³-hybridized carbons (Fsp3) is 0.583. The standard InChI is InChI=1S/C12H20N4O2/c1-4-13-10-8-11(15-9(2)14-10)16(3)7-5-6-12(17)18/h8H,4-7H2,1-3H3,(H,17,18)(H,13,14,15). The van der Waals surface area contributed by atoms with Crippen molar-refractivity contribution < 1.29 is 9.90 Å². The molecule has 0 amide bonds. The second-order valence-electron chi connectivity index (χ2n) is 4.11. The molecule has 0 aromatic carbocycles. The topological polar surface area (TPSA) is 78.4 Å². The van der Waals surface area contributed by atoms with Gasteiger partial charge >= 0.3 is 5.97 Å². The summed E-state index contributed by atoms with van der Waals surface area (Å²) in [5.74, 6) is 1.54. The van der Waals surface area contributed by atoms with Crippen LogP contribution in [0.2, 0.25) is 0 Å². The molecule has 1 aromatic rings. The van der Waals surface area contributed by atoms with Crippen LogP contribution in [0.5, 0.6) is 0 Å². The number of hydrogen-bond donors (Lipinski definition) is 2. The van der Waals surface area contributed by atoms with Gasteiger partial charge in [-0.1, -0.05) is 0 Å². The zero-order valence-corrected chi connectivity index (χ0v) is 11.1. The van der Waals surface area contributed by atoms with E-state index in [0.29, 0.717) is 18.8 Å². The van der Waals surface area contributed by atoms with Gasteiger partial charge in [0.1, 0.15) is 17.5 Å². The van der Waals surface area contributed by atoms with E-state index in [9.17, 15) is 4.79 Å². The molecular weight excluding hydrogens is 232 g/mol. The molecule has 0 atom stereocenters. The van der Waals surface area contributed by atoms with E-state index in [1.807, 2.05) is 31.9 Å². The number of aliphatic carboxylic acids is 1. The lowest BCUT2D eigenvalue weighted by Crippen LogP contribution is -2.21. The normalized spacial score (nSPS) is 10.2. The molecule has 0 aliphatic carbocycles. The molecule has 18 heavy (non-hydrogen) atoms. The Labute approximate surface area is 107 Å². The van der Waals surface area contributed by atoms with Crippen molar-refractivity contribution in [1.29, 1.82) is 0 Å². The third-order valence-electron chi connectivity index (χ3n) is 2.46. The van der Waals surface area contributed by atoms with Crippen LogP contribution in [0.15, 0.2) is 6.07 Å². The molecule has 6 nitrogen and oxygen atoms in total. The van der Waals surface area contributed by atoms with Gasteiger partial charge < -0.3 is 15.3 Å². The van der Waals surface area contributed by atoms with Crippen LogP contribution < -0.4 is 10.2 Å². The van der Waals surface area contributed by atoms with Crippen LogP contribution in [0.3, 0.4) is 0 Å². The molecule has 0 spiro atoms. The smallest absolute Gasteiger partial charge is 0.303 e. The third-order valence-corrected chi connectivity index (χ3v) is 2.46. The minimum Gasteiger partial charge on any atom is -0.481 e. The number of aryl methyl sites for hydroxylation is 1. The average molecular weight is 252 g/mol. The van der Waals surface area contributed by atoms with E-state index in [0.717, 1.165) is 18.2 Å². The molecule has 0 fully saturated rings. The molecule has 0 saturated carbocycles. The van der Waals surface area contributed by atoms with Gasteiger partial charge in [0.05, 0.1) is 0 Å². The number of aromatic nitrogens is 2. The maximum absolute atomic E-state index is 10.5. The van der Waals surface area contributed by atoms with Crippen molar-refractivity contribution in [3.8, 4) is 0 Å². The van der Waals surface area contributed by atoms with E-state index in [4.69, 9.17) is 5.11 Å². The molecule has 1 rings (SSSR count). The summed E-state index contributed by atoms with van der Waals surface area (Å²) in [6.45, 7) is 5.32. The highest BCUT2D eigenvalue weighted by Gasteiger charge is 2.07. The highest BCUT2D eigenvalue weighted by Crippen LogP contribution is 2.15. The van der Waals surface area contributed by atoms with Crippen LogP contribution in [0, 0.1) is 6.92 Å². The number of nitrogens with zero attached hydrogens (tertiary/aromatic N) is 3. The van der Waals surface area contributed by atoms with E-state index in [1.165, 1.54) is 0 Å². The molecule has 1 aromatic heterocycles. The van der Waals surface area contributed by atoms with Crippen LogP contribution in [0.1, 0.15) is 25.6 Å². The lowest BCUT2D eigenvalue weighted by molar-refractivity contribution is -0.137. The SMILES string of the molecule is CCNc1cc(N(C)CCCC(=O)O)nc(C)n1. The number of hydrogen-bond acceptors (Lipinski definition) is 5. The van der Waals surface area contributed by atoms with Crippen molar-refractivity contribution in [1.82, 2.24) is 9.97 Å². The van der Waals surface area contributed by atoms with Gasteiger partial charge in [-0.05, 0) is 20.3 Å². The van der Waals surface area contributed by atoms with Gasteiger partial charge in [-0.15, -0.1) is 0 Å². The predicted molar refractivity (Wildman–Crippen MR) is 71.1 cm³/mol. The third kappa shape index (κ3) is 4.57. The van der Waals surface area contributed by atoms with Crippen LogP contribution in [0.25, 0.3) is 0 Å². The number of carboxylic acid groups (broad SMARTS) is 1. The van der Waals surface area contributed by atoms with Crippen molar-refractivity contribution in [3.63, 3.8) is 0 Å². The Hall–Kier alpha value is -1.85. The maximum Gasteiger partial charge on any atom is 0.303 e. The van der Waals surface area contributed by atoms with Crippen molar-refractivity contribution in [3.05, 3.63) is 11.9 Å². The first-order valence-electron chi connectivity index (χ1n) is 6.05. The number of anilines is 2. The summed E-state index contributed by atoms with van der Waals surface area (Å²) in [6, 6.07) is 1.87. The minimum atomic E-state index is -0.768. The molecule has 0 aliphatic rings. The molecule has 0 aliphatic heterocycles.